The molecule has 1 nitrogen and oxygen atoms in total. The Morgan fingerprint density at radius 3 is 2.36 bits per heavy atom. The van der Waals surface area contributed by atoms with E-state index in [4.69, 9.17) is 0 Å². The minimum atomic E-state index is 0.621. The average Bonchev–Trinajstić information content (AvgIpc) is 2.30. The standard InChI is InChI=1S/C10H17N/c1-5-9-6-11-10(7(2)3)8(9)4/h6-7,11H,5H2,1-4H3. The Kier molecular flexibility index (Phi) is 2.38. The van der Waals surface area contributed by atoms with Gasteiger partial charge in [-0.3, -0.25) is 0 Å². The molecule has 0 saturated carbocycles. The van der Waals surface area contributed by atoms with Crippen LogP contribution in [0.25, 0.3) is 0 Å². The fraction of sp³-hybridized carbons (Fsp3) is 0.600. The van der Waals surface area contributed by atoms with Crippen molar-refractivity contribution in [1.82, 2.24) is 4.98 Å². The maximum atomic E-state index is 3.32. The van der Waals surface area contributed by atoms with Crippen LogP contribution < -0.4 is 0 Å². The first-order valence-corrected chi connectivity index (χ1v) is 4.33. The molecule has 0 amide bonds. The highest BCUT2D eigenvalue weighted by Crippen LogP contribution is 2.20. The number of H-pyrrole nitrogens is 1. The quantitative estimate of drug-likeness (QED) is 0.668. The smallest absolute Gasteiger partial charge is 0.0205 e. The fourth-order valence-electron chi connectivity index (χ4n) is 1.52. The summed E-state index contributed by atoms with van der Waals surface area (Å²) in [6, 6.07) is 0. The number of nitrogens with one attached hydrogen (secondary N) is 1. The zero-order chi connectivity index (χ0) is 8.43. The maximum Gasteiger partial charge on any atom is 0.0205 e. The van der Waals surface area contributed by atoms with Crippen LogP contribution in [0.2, 0.25) is 0 Å². The van der Waals surface area contributed by atoms with E-state index < -0.39 is 0 Å². The van der Waals surface area contributed by atoms with Crippen molar-refractivity contribution in [3.63, 3.8) is 0 Å². The fourth-order valence-corrected chi connectivity index (χ4v) is 1.52. The van der Waals surface area contributed by atoms with E-state index in [1.807, 2.05) is 0 Å². The normalized spacial score (nSPS) is 11.0. The zero-order valence-corrected chi connectivity index (χ0v) is 7.86. The molecule has 1 N–H and O–H groups in total. The molecule has 0 radical (unpaired) electrons. The lowest BCUT2D eigenvalue weighted by Crippen LogP contribution is -1.90. The third-order valence-corrected chi connectivity index (χ3v) is 2.25. The van der Waals surface area contributed by atoms with Gasteiger partial charge in [0, 0.05) is 11.9 Å². The van der Waals surface area contributed by atoms with Crippen LogP contribution in [0.4, 0.5) is 0 Å². The Morgan fingerprint density at radius 1 is 1.45 bits per heavy atom. The second-order valence-electron chi connectivity index (χ2n) is 3.36. The molecule has 0 fully saturated rings. The highest BCUT2D eigenvalue weighted by Gasteiger charge is 2.07. The predicted octanol–water partition coefficient (Wildman–Crippen LogP) is 3.01. The van der Waals surface area contributed by atoms with Crippen molar-refractivity contribution in [3.05, 3.63) is 23.0 Å². The van der Waals surface area contributed by atoms with Crippen LogP contribution in [0.3, 0.4) is 0 Å². The van der Waals surface area contributed by atoms with Gasteiger partial charge in [-0.2, -0.15) is 0 Å². The molecule has 0 unspecified atom stereocenters. The predicted molar refractivity (Wildman–Crippen MR) is 49.0 cm³/mol. The number of hydrogen-bond donors (Lipinski definition) is 1. The van der Waals surface area contributed by atoms with Crippen molar-refractivity contribution in [2.24, 2.45) is 0 Å². The van der Waals surface area contributed by atoms with Gasteiger partial charge in [0.25, 0.3) is 0 Å². The van der Waals surface area contributed by atoms with Gasteiger partial charge in [0.2, 0.25) is 0 Å². The molecule has 0 bridgehead atoms. The van der Waals surface area contributed by atoms with E-state index >= 15 is 0 Å². The molecular formula is C10H17N. The zero-order valence-electron chi connectivity index (χ0n) is 7.86. The van der Waals surface area contributed by atoms with Crippen LogP contribution in [0.5, 0.6) is 0 Å². The highest BCUT2D eigenvalue weighted by molar-refractivity contribution is 5.31. The number of aromatic nitrogens is 1. The molecule has 1 heteroatoms. The molecule has 1 aromatic rings. The van der Waals surface area contributed by atoms with E-state index in [2.05, 4.69) is 38.9 Å². The van der Waals surface area contributed by atoms with Gasteiger partial charge in [-0.25, -0.2) is 0 Å². The molecule has 0 aliphatic rings. The summed E-state index contributed by atoms with van der Waals surface area (Å²) in [7, 11) is 0. The molecule has 0 saturated heterocycles. The number of rotatable bonds is 2. The van der Waals surface area contributed by atoms with Crippen LogP contribution in [0.1, 0.15) is 43.5 Å². The molecule has 1 rings (SSSR count). The maximum absolute atomic E-state index is 3.32. The minimum absolute atomic E-state index is 0.621. The first kappa shape index (κ1) is 8.38. The summed E-state index contributed by atoms with van der Waals surface area (Å²) in [4.78, 5) is 3.32. The minimum Gasteiger partial charge on any atom is -0.364 e. The monoisotopic (exact) mass is 151 g/mol. The van der Waals surface area contributed by atoms with Gasteiger partial charge in [-0.1, -0.05) is 20.8 Å². The van der Waals surface area contributed by atoms with Crippen molar-refractivity contribution in [2.45, 2.75) is 40.0 Å². The summed E-state index contributed by atoms with van der Waals surface area (Å²) in [5.74, 6) is 0.621. The molecule has 0 aromatic carbocycles. The topological polar surface area (TPSA) is 15.8 Å². The Morgan fingerprint density at radius 2 is 2.09 bits per heavy atom. The van der Waals surface area contributed by atoms with Gasteiger partial charge in [0.05, 0.1) is 0 Å². The lowest BCUT2D eigenvalue weighted by Gasteiger charge is -2.03. The largest absolute Gasteiger partial charge is 0.364 e. The molecule has 0 atom stereocenters. The summed E-state index contributed by atoms with van der Waals surface area (Å²) < 4.78 is 0. The van der Waals surface area contributed by atoms with Crippen LogP contribution in [0.15, 0.2) is 6.20 Å². The van der Waals surface area contributed by atoms with Gasteiger partial charge in [-0.05, 0) is 30.4 Å². The molecule has 0 aliphatic carbocycles. The summed E-state index contributed by atoms with van der Waals surface area (Å²) in [5.41, 5.74) is 4.29. The number of aromatic amines is 1. The van der Waals surface area contributed by atoms with Gasteiger partial charge in [0.1, 0.15) is 0 Å². The van der Waals surface area contributed by atoms with Gasteiger partial charge >= 0.3 is 0 Å². The van der Waals surface area contributed by atoms with E-state index in [0.717, 1.165) is 6.42 Å². The molecule has 1 aromatic heterocycles. The number of hydrogen-bond acceptors (Lipinski definition) is 0. The molecule has 0 aliphatic heterocycles. The Labute approximate surface area is 68.8 Å². The van der Waals surface area contributed by atoms with Crippen molar-refractivity contribution in [1.29, 1.82) is 0 Å². The van der Waals surface area contributed by atoms with Crippen molar-refractivity contribution in [3.8, 4) is 0 Å². The van der Waals surface area contributed by atoms with Crippen LogP contribution in [-0.2, 0) is 6.42 Å². The second-order valence-corrected chi connectivity index (χ2v) is 3.36. The summed E-state index contributed by atoms with van der Waals surface area (Å²) >= 11 is 0. The highest BCUT2D eigenvalue weighted by atomic mass is 14.7. The van der Waals surface area contributed by atoms with E-state index in [0.29, 0.717) is 5.92 Å². The van der Waals surface area contributed by atoms with Crippen molar-refractivity contribution in [2.75, 3.05) is 0 Å². The lowest BCUT2D eigenvalue weighted by atomic mass is 10.0. The third kappa shape index (κ3) is 1.47. The second kappa shape index (κ2) is 3.12. The summed E-state index contributed by atoms with van der Waals surface area (Å²) in [6.45, 7) is 8.83. The number of aryl methyl sites for hydroxylation is 1. The molecule has 0 spiro atoms. The molecule has 11 heavy (non-hydrogen) atoms. The third-order valence-electron chi connectivity index (χ3n) is 2.25. The van der Waals surface area contributed by atoms with Crippen LogP contribution in [0, 0.1) is 6.92 Å². The SMILES string of the molecule is CCc1c[nH]c(C(C)C)c1C. The van der Waals surface area contributed by atoms with Crippen molar-refractivity contribution >= 4 is 0 Å². The van der Waals surface area contributed by atoms with Crippen LogP contribution in [-0.4, -0.2) is 4.98 Å². The van der Waals surface area contributed by atoms with Crippen molar-refractivity contribution < 1.29 is 0 Å². The Balaban J connectivity index is 3.00. The Hall–Kier alpha value is -0.720. The van der Waals surface area contributed by atoms with Gasteiger partial charge < -0.3 is 4.98 Å². The molecule has 62 valence electrons. The van der Waals surface area contributed by atoms with Crippen LogP contribution >= 0.6 is 0 Å². The average molecular weight is 151 g/mol. The first-order chi connectivity index (χ1) is 5.16. The van der Waals surface area contributed by atoms with Gasteiger partial charge in [0.15, 0.2) is 0 Å². The molecule has 1 heterocycles. The molecular weight excluding hydrogens is 134 g/mol. The summed E-state index contributed by atoms with van der Waals surface area (Å²) in [6.07, 6.45) is 3.26. The summed E-state index contributed by atoms with van der Waals surface area (Å²) in [5, 5.41) is 0. The van der Waals surface area contributed by atoms with E-state index in [-0.39, 0.29) is 0 Å². The Bertz CT molecular complexity index is 233. The van der Waals surface area contributed by atoms with E-state index in [1.165, 1.54) is 16.8 Å². The lowest BCUT2D eigenvalue weighted by molar-refractivity contribution is 0.823. The van der Waals surface area contributed by atoms with Gasteiger partial charge in [-0.15, -0.1) is 0 Å². The van der Waals surface area contributed by atoms with E-state index in [1.54, 1.807) is 0 Å². The first-order valence-electron chi connectivity index (χ1n) is 4.33. The van der Waals surface area contributed by atoms with E-state index in [9.17, 15) is 0 Å².